The fraction of sp³-hybridized carbons (Fsp3) is 0.727. The van der Waals surface area contributed by atoms with Gasteiger partial charge < -0.3 is 28.5 Å². The van der Waals surface area contributed by atoms with Gasteiger partial charge in [-0.3, -0.25) is 9.59 Å². The van der Waals surface area contributed by atoms with Crippen molar-refractivity contribution in [1.82, 2.24) is 0 Å². The Balaban J connectivity index is 1.60. The second-order valence-corrected chi connectivity index (χ2v) is 10.0. The molecule has 30 heavy (non-hydrogen) atoms. The molecule has 1 aromatic heterocycles. The first-order valence-electron chi connectivity index (χ1n) is 10.5. The maximum atomic E-state index is 13.1. The van der Waals surface area contributed by atoms with E-state index in [0.717, 1.165) is 5.56 Å². The molecule has 2 bridgehead atoms. The van der Waals surface area contributed by atoms with Crippen molar-refractivity contribution in [2.45, 2.75) is 75.1 Å². The molecule has 5 aliphatic rings. The SMILES string of the molecule is CC(=O)OC[C@@]12[C@@H](O)C[C@]3(C)O[C@]4(c5ccoc5)C[C@@]3(C)[C@@]1(CCC(=O)[C@]21CO1)O4. The summed E-state index contributed by atoms with van der Waals surface area (Å²) in [7, 11) is 0. The van der Waals surface area contributed by atoms with Crippen LogP contribution in [0.2, 0.25) is 0 Å². The van der Waals surface area contributed by atoms with Crippen LogP contribution in [0, 0.1) is 10.8 Å². The van der Waals surface area contributed by atoms with E-state index in [1.807, 2.05) is 13.0 Å². The molecule has 0 unspecified atom stereocenters. The Bertz CT molecular complexity index is 952. The van der Waals surface area contributed by atoms with Crippen LogP contribution in [0.3, 0.4) is 0 Å². The highest BCUT2D eigenvalue weighted by atomic mass is 16.7. The van der Waals surface area contributed by atoms with E-state index < -0.39 is 45.5 Å². The van der Waals surface area contributed by atoms with E-state index in [0.29, 0.717) is 12.8 Å². The molecular weight excluding hydrogens is 392 g/mol. The zero-order valence-electron chi connectivity index (χ0n) is 17.4. The molecular formula is C22H26O8. The Labute approximate surface area is 173 Å². The quantitative estimate of drug-likeness (QED) is 0.585. The maximum Gasteiger partial charge on any atom is 0.302 e. The molecule has 1 aromatic rings. The standard InChI is InChI=1S/C22H26O8/c1-13(23)27-11-19-16(25)8-18(3)17(2)10-21(29-18,14-5-7-26-9-14)30-22(17,19)6-4-15(24)20(19)12-28-20/h5,7,9,16,25H,4,6,8,10-12H2,1-3H3/t16-,17+,18-,19-,20+,21+,22+/m0/s1. The third-order valence-electron chi connectivity index (χ3n) is 9.02. The fourth-order valence-corrected chi connectivity index (χ4v) is 7.47. The summed E-state index contributed by atoms with van der Waals surface area (Å²) >= 11 is 0. The number of aliphatic hydroxyl groups excluding tert-OH is 1. The van der Waals surface area contributed by atoms with Gasteiger partial charge in [-0.15, -0.1) is 0 Å². The zero-order valence-corrected chi connectivity index (χ0v) is 17.4. The number of furan rings is 1. The van der Waals surface area contributed by atoms with Crippen molar-refractivity contribution in [2.24, 2.45) is 10.8 Å². The van der Waals surface area contributed by atoms with Crippen molar-refractivity contribution >= 4 is 11.8 Å². The van der Waals surface area contributed by atoms with E-state index in [-0.39, 0.29) is 31.8 Å². The molecule has 0 aromatic carbocycles. The van der Waals surface area contributed by atoms with Crippen LogP contribution in [0.15, 0.2) is 23.0 Å². The van der Waals surface area contributed by atoms with Gasteiger partial charge in [0.1, 0.15) is 6.61 Å². The Morgan fingerprint density at radius 1 is 1.33 bits per heavy atom. The van der Waals surface area contributed by atoms with Crippen molar-refractivity contribution in [3.8, 4) is 0 Å². The van der Waals surface area contributed by atoms with E-state index in [1.54, 1.807) is 12.5 Å². The van der Waals surface area contributed by atoms with Gasteiger partial charge >= 0.3 is 5.97 Å². The number of hydrogen-bond acceptors (Lipinski definition) is 8. The highest BCUT2D eigenvalue weighted by Gasteiger charge is 2.92. The number of ketones is 1. The first kappa shape index (κ1) is 19.0. The molecule has 2 spiro atoms. The van der Waals surface area contributed by atoms with Crippen LogP contribution >= 0.6 is 0 Å². The predicted octanol–water partition coefficient (Wildman–Crippen LogP) is 1.83. The monoisotopic (exact) mass is 418 g/mol. The number of carbonyl (C=O) groups excluding carboxylic acids is 2. The van der Waals surface area contributed by atoms with Gasteiger partial charge in [0.25, 0.3) is 0 Å². The number of rotatable bonds is 3. The summed E-state index contributed by atoms with van der Waals surface area (Å²) in [4.78, 5) is 24.9. The highest BCUT2D eigenvalue weighted by Crippen LogP contribution is 2.81. The van der Waals surface area contributed by atoms with E-state index in [1.165, 1.54) is 6.92 Å². The van der Waals surface area contributed by atoms with Crippen LogP contribution < -0.4 is 0 Å². The number of carbonyl (C=O) groups is 2. The van der Waals surface area contributed by atoms with Gasteiger partial charge in [0.05, 0.1) is 41.9 Å². The third kappa shape index (κ3) is 1.70. The molecule has 162 valence electrons. The summed E-state index contributed by atoms with van der Waals surface area (Å²) in [5, 5.41) is 11.6. The first-order chi connectivity index (χ1) is 14.1. The topological polar surface area (TPSA) is 108 Å². The fourth-order valence-electron chi connectivity index (χ4n) is 7.47. The van der Waals surface area contributed by atoms with Gasteiger partial charge in [0.2, 0.25) is 0 Å². The summed E-state index contributed by atoms with van der Waals surface area (Å²) < 4.78 is 30.2. The minimum Gasteiger partial charge on any atom is -0.472 e. The Hall–Kier alpha value is -1.74. The van der Waals surface area contributed by atoms with Crippen LogP contribution in [0.5, 0.6) is 0 Å². The molecule has 3 aliphatic heterocycles. The van der Waals surface area contributed by atoms with Gasteiger partial charge in [0, 0.05) is 37.2 Å². The summed E-state index contributed by atoms with van der Waals surface area (Å²) in [5.74, 6) is -1.58. The highest BCUT2D eigenvalue weighted by molar-refractivity contribution is 5.93. The lowest BCUT2D eigenvalue weighted by Gasteiger charge is -2.69. The summed E-state index contributed by atoms with van der Waals surface area (Å²) in [5.41, 5.74) is -3.84. The van der Waals surface area contributed by atoms with Crippen molar-refractivity contribution < 1.29 is 38.1 Å². The van der Waals surface area contributed by atoms with Gasteiger partial charge in [0.15, 0.2) is 17.2 Å². The molecule has 4 heterocycles. The zero-order chi connectivity index (χ0) is 21.2. The Morgan fingerprint density at radius 3 is 2.73 bits per heavy atom. The van der Waals surface area contributed by atoms with Crippen molar-refractivity contribution in [3.05, 3.63) is 24.2 Å². The summed E-state index contributed by atoms with van der Waals surface area (Å²) in [6, 6.07) is 1.83. The molecule has 0 radical (unpaired) electrons. The largest absolute Gasteiger partial charge is 0.472 e. The first-order valence-corrected chi connectivity index (χ1v) is 10.5. The van der Waals surface area contributed by atoms with E-state index in [9.17, 15) is 14.7 Å². The lowest BCUT2D eigenvalue weighted by Crippen LogP contribution is -2.82. The maximum absolute atomic E-state index is 13.1. The summed E-state index contributed by atoms with van der Waals surface area (Å²) in [6.45, 7) is 5.51. The molecule has 8 nitrogen and oxygen atoms in total. The molecule has 3 saturated heterocycles. The smallest absolute Gasteiger partial charge is 0.302 e. The van der Waals surface area contributed by atoms with Crippen molar-refractivity contribution in [1.29, 1.82) is 0 Å². The van der Waals surface area contributed by atoms with Crippen molar-refractivity contribution in [2.75, 3.05) is 13.2 Å². The van der Waals surface area contributed by atoms with Crippen LogP contribution in [-0.4, -0.2) is 53.0 Å². The Kier molecular flexibility index (Phi) is 3.28. The van der Waals surface area contributed by atoms with Crippen LogP contribution in [-0.2, 0) is 34.3 Å². The number of hydrogen-bond donors (Lipinski definition) is 1. The summed E-state index contributed by atoms with van der Waals surface area (Å²) in [6.07, 6.45) is 3.72. The number of esters is 1. The number of ether oxygens (including phenoxy) is 4. The van der Waals surface area contributed by atoms with Gasteiger partial charge in [-0.1, -0.05) is 6.92 Å². The molecule has 6 rings (SSSR count). The number of aliphatic hydroxyl groups is 1. The predicted molar refractivity (Wildman–Crippen MR) is 99.0 cm³/mol. The second-order valence-electron chi connectivity index (χ2n) is 10.0. The Morgan fingerprint density at radius 2 is 2.10 bits per heavy atom. The van der Waals surface area contributed by atoms with Crippen LogP contribution in [0.4, 0.5) is 0 Å². The molecule has 2 saturated carbocycles. The molecule has 1 N–H and O–H groups in total. The van der Waals surface area contributed by atoms with Crippen molar-refractivity contribution in [3.63, 3.8) is 0 Å². The normalized spacial score (nSPS) is 53.1. The lowest BCUT2D eigenvalue weighted by atomic mass is 9.40. The van der Waals surface area contributed by atoms with Crippen LogP contribution in [0.25, 0.3) is 0 Å². The average Bonchev–Trinajstić information content (AvgIpc) is 3.06. The minimum atomic E-state index is -1.20. The van der Waals surface area contributed by atoms with E-state index >= 15 is 0 Å². The minimum absolute atomic E-state index is 0.0591. The average molecular weight is 418 g/mol. The van der Waals surface area contributed by atoms with Gasteiger partial charge in [-0.2, -0.15) is 0 Å². The molecule has 2 aliphatic carbocycles. The number of fused-ring (bicyclic) bond motifs is 2. The molecule has 7 atom stereocenters. The molecule has 0 amide bonds. The lowest BCUT2D eigenvalue weighted by molar-refractivity contribution is -0.421. The number of Topliss-reactive ketones (excluding diaryl/α,β-unsaturated/α-hetero) is 1. The van der Waals surface area contributed by atoms with Gasteiger partial charge in [-0.05, 0) is 19.4 Å². The second kappa shape index (κ2) is 5.18. The van der Waals surface area contributed by atoms with Crippen LogP contribution in [0.1, 0.15) is 52.0 Å². The van der Waals surface area contributed by atoms with E-state index in [2.05, 4.69) is 6.92 Å². The van der Waals surface area contributed by atoms with E-state index in [4.69, 9.17) is 23.4 Å². The third-order valence-corrected chi connectivity index (χ3v) is 9.02. The molecule has 5 fully saturated rings. The molecule has 8 heteroatoms. The number of epoxide rings is 1. The van der Waals surface area contributed by atoms with Gasteiger partial charge in [-0.25, -0.2) is 0 Å².